The highest BCUT2D eigenvalue weighted by molar-refractivity contribution is 9.10. The number of hydrogen-bond acceptors (Lipinski definition) is 2. The van der Waals surface area contributed by atoms with E-state index in [9.17, 15) is 0 Å². The Morgan fingerprint density at radius 2 is 1.91 bits per heavy atom. The molecular weight excluding hydrogens is 362 g/mol. The van der Waals surface area contributed by atoms with Gasteiger partial charge in [0.25, 0.3) is 0 Å². The molecule has 0 amide bonds. The zero-order valence-corrected chi connectivity index (χ0v) is 15.2. The molecule has 1 unspecified atom stereocenters. The van der Waals surface area contributed by atoms with Gasteiger partial charge in [-0.15, -0.1) is 0 Å². The van der Waals surface area contributed by atoms with Crippen LogP contribution in [0.5, 0.6) is 5.75 Å². The fourth-order valence-corrected chi connectivity index (χ4v) is 2.53. The van der Waals surface area contributed by atoms with Crippen molar-refractivity contribution in [3.8, 4) is 5.75 Å². The Labute approximate surface area is 146 Å². The molecule has 2 aromatic carbocycles. The van der Waals surface area contributed by atoms with Gasteiger partial charge in [-0.25, -0.2) is 0 Å². The predicted molar refractivity (Wildman–Crippen MR) is 96.5 cm³/mol. The summed E-state index contributed by atoms with van der Waals surface area (Å²) in [5.41, 5.74) is 2.26. The molecule has 0 saturated carbocycles. The summed E-state index contributed by atoms with van der Waals surface area (Å²) < 4.78 is 7.04. The van der Waals surface area contributed by atoms with E-state index in [0.717, 1.165) is 39.3 Å². The van der Waals surface area contributed by atoms with E-state index in [-0.39, 0.29) is 0 Å². The maximum atomic E-state index is 5.98. The number of hydrogen-bond donors (Lipinski definition) is 1. The Morgan fingerprint density at radius 1 is 1.18 bits per heavy atom. The topological polar surface area (TPSA) is 21.3 Å². The number of nitrogens with one attached hydrogen (secondary N) is 1. The summed E-state index contributed by atoms with van der Waals surface area (Å²) in [5, 5.41) is 4.25. The van der Waals surface area contributed by atoms with E-state index in [1.54, 1.807) is 0 Å². The summed E-state index contributed by atoms with van der Waals surface area (Å²) in [6, 6.07) is 14.3. The Balaban J connectivity index is 2.04. The average Bonchev–Trinajstić information content (AvgIpc) is 2.53. The Kier molecular flexibility index (Phi) is 6.74. The molecule has 2 rings (SSSR count). The van der Waals surface area contributed by atoms with Crippen molar-refractivity contribution in [3.05, 3.63) is 63.1 Å². The minimum atomic E-state index is 0.489. The van der Waals surface area contributed by atoms with Crippen molar-refractivity contribution in [1.82, 2.24) is 5.32 Å². The average molecular weight is 383 g/mol. The van der Waals surface area contributed by atoms with Crippen LogP contribution in [-0.4, -0.2) is 6.04 Å². The summed E-state index contributed by atoms with van der Waals surface area (Å²) in [5.74, 6) is 0.911. The molecule has 0 heterocycles. The standard InChI is InChI=1S/C18H21BrClNO/c1-3-13(2)21-11-15-10-16(19)6-9-18(15)22-12-14-4-7-17(20)8-5-14/h4-10,13,21H,3,11-12H2,1-2H3. The molecule has 0 aliphatic rings. The van der Waals surface area contributed by atoms with Crippen molar-refractivity contribution in [2.24, 2.45) is 0 Å². The van der Waals surface area contributed by atoms with Gasteiger partial charge in [-0.1, -0.05) is 46.6 Å². The first-order chi connectivity index (χ1) is 10.6. The monoisotopic (exact) mass is 381 g/mol. The second-order valence-electron chi connectivity index (χ2n) is 5.36. The second-order valence-corrected chi connectivity index (χ2v) is 6.71. The minimum absolute atomic E-state index is 0.489. The van der Waals surface area contributed by atoms with Crippen molar-refractivity contribution < 1.29 is 4.74 Å². The van der Waals surface area contributed by atoms with Gasteiger partial charge in [0.05, 0.1) is 0 Å². The molecule has 0 radical (unpaired) electrons. The lowest BCUT2D eigenvalue weighted by Crippen LogP contribution is -2.24. The molecule has 0 saturated heterocycles. The van der Waals surface area contributed by atoms with Crippen LogP contribution in [0.2, 0.25) is 5.02 Å². The molecule has 2 aromatic rings. The highest BCUT2D eigenvalue weighted by Gasteiger charge is 2.07. The van der Waals surface area contributed by atoms with Gasteiger partial charge in [0.15, 0.2) is 0 Å². The molecule has 4 heteroatoms. The van der Waals surface area contributed by atoms with E-state index >= 15 is 0 Å². The first-order valence-electron chi connectivity index (χ1n) is 7.47. The number of ether oxygens (including phenoxy) is 1. The van der Waals surface area contributed by atoms with Gasteiger partial charge < -0.3 is 10.1 Å². The van der Waals surface area contributed by atoms with Crippen LogP contribution in [-0.2, 0) is 13.2 Å². The van der Waals surface area contributed by atoms with Crippen molar-refractivity contribution in [2.75, 3.05) is 0 Å². The zero-order chi connectivity index (χ0) is 15.9. The lowest BCUT2D eigenvalue weighted by atomic mass is 10.1. The molecular formula is C18H21BrClNO. The first-order valence-corrected chi connectivity index (χ1v) is 8.64. The summed E-state index contributed by atoms with van der Waals surface area (Å²) in [4.78, 5) is 0. The lowest BCUT2D eigenvalue weighted by molar-refractivity contribution is 0.301. The molecule has 0 aliphatic carbocycles. The third-order valence-corrected chi connectivity index (χ3v) is 4.33. The van der Waals surface area contributed by atoms with Crippen LogP contribution >= 0.6 is 27.5 Å². The van der Waals surface area contributed by atoms with E-state index in [1.807, 2.05) is 36.4 Å². The fraction of sp³-hybridized carbons (Fsp3) is 0.333. The van der Waals surface area contributed by atoms with E-state index in [1.165, 1.54) is 0 Å². The van der Waals surface area contributed by atoms with Gasteiger partial charge in [-0.2, -0.15) is 0 Å². The molecule has 2 nitrogen and oxygen atoms in total. The van der Waals surface area contributed by atoms with E-state index in [4.69, 9.17) is 16.3 Å². The van der Waals surface area contributed by atoms with Crippen molar-refractivity contribution in [2.45, 2.75) is 39.5 Å². The van der Waals surface area contributed by atoms with Crippen LogP contribution in [0.1, 0.15) is 31.4 Å². The third kappa shape index (κ3) is 5.31. The second kappa shape index (κ2) is 8.56. The molecule has 118 valence electrons. The van der Waals surface area contributed by atoms with E-state index < -0.39 is 0 Å². The molecule has 0 aromatic heterocycles. The predicted octanol–water partition coefficient (Wildman–Crippen LogP) is 5.57. The number of halogens is 2. The number of benzene rings is 2. The molecule has 0 bridgehead atoms. The van der Waals surface area contributed by atoms with Gasteiger partial charge >= 0.3 is 0 Å². The highest BCUT2D eigenvalue weighted by atomic mass is 79.9. The summed E-state index contributed by atoms with van der Waals surface area (Å²) in [6.45, 7) is 5.70. The number of rotatable bonds is 7. The summed E-state index contributed by atoms with van der Waals surface area (Å²) in [7, 11) is 0. The molecule has 22 heavy (non-hydrogen) atoms. The molecule has 0 fully saturated rings. The molecule has 1 N–H and O–H groups in total. The van der Waals surface area contributed by atoms with Crippen LogP contribution in [0, 0.1) is 0 Å². The van der Waals surface area contributed by atoms with Crippen LogP contribution < -0.4 is 10.1 Å². The Hall–Kier alpha value is -1.03. The maximum Gasteiger partial charge on any atom is 0.124 e. The third-order valence-electron chi connectivity index (χ3n) is 3.58. The first kappa shape index (κ1) is 17.3. The smallest absolute Gasteiger partial charge is 0.124 e. The van der Waals surface area contributed by atoms with E-state index in [2.05, 4.69) is 41.2 Å². The molecule has 1 atom stereocenters. The zero-order valence-electron chi connectivity index (χ0n) is 12.9. The largest absolute Gasteiger partial charge is 0.489 e. The van der Waals surface area contributed by atoms with Crippen molar-refractivity contribution in [1.29, 1.82) is 0 Å². The maximum absolute atomic E-state index is 5.98. The minimum Gasteiger partial charge on any atom is -0.489 e. The Bertz CT molecular complexity index is 601. The Morgan fingerprint density at radius 3 is 2.59 bits per heavy atom. The normalized spacial score (nSPS) is 12.2. The van der Waals surface area contributed by atoms with Gasteiger partial charge in [-0.3, -0.25) is 0 Å². The van der Waals surface area contributed by atoms with Gasteiger partial charge in [0, 0.05) is 27.6 Å². The summed E-state index contributed by atoms with van der Waals surface area (Å²) >= 11 is 9.43. The van der Waals surface area contributed by atoms with Crippen LogP contribution in [0.4, 0.5) is 0 Å². The SMILES string of the molecule is CCC(C)NCc1cc(Br)ccc1OCc1ccc(Cl)cc1. The van der Waals surface area contributed by atoms with Crippen LogP contribution in [0.15, 0.2) is 46.9 Å². The molecule has 0 spiro atoms. The van der Waals surface area contributed by atoms with Crippen molar-refractivity contribution >= 4 is 27.5 Å². The summed E-state index contributed by atoms with van der Waals surface area (Å²) in [6.07, 6.45) is 1.11. The lowest BCUT2D eigenvalue weighted by Gasteiger charge is -2.15. The van der Waals surface area contributed by atoms with E-state index in [0.29, 0.717) is 12.6 Å². The highest BCUT2D eigenvalue weighted by Crippen LogP contribution is 2.24. The van der Waals surface area contributed by atoms with Crippen LogP contribution in [0.3, 0.4) is 0 Å². The quantitative estimate of drug-likeness (QED) is 0.676. The van der Waals surface area contributed by atoms with Gasteiger partial charge in [-0.05, 0) is 49.2 Å². The van der Waals surface area contributed by atoms with Crippen molar-refractivity contribution in [3.63, 3.8) is 0 Å². The van der Waals surface area contributed by atoms with Gasteiger partial charge in [0.1, 0.15) is 12.4 Å². The molecule has 0 aliphatic heterocycles. The fourth-order valence-electron chi connectivity index (χ4n) is 2.00. The van der Waals surface area contributed by atoms with Gasteiger partial charge in [0.2, 0.25) is 0 Å². The van der Waals surface area contributed by atoms with Crippen LogP contribution in [0.25, 0.3) is 0 Å².